The second-order valence-corrected chi connectivity index (χ2v) is 7.65. The molecule has 0 atom stereocenters. The molecule has 0 heterocycles. The topological polar surface area (TPSA) is 0 Å². The van der Waals surface area contributed by atoms with Gasteiger partial charge in [0, 0.05) is 0 Å². The third-order valence-corrected chi connectivity index (χ3v) is 6.00. The summed E-state index contributed by atoms with van der Waals surface area (Å²) in [6, 6.07) is 5.63. The van der Waals surface area contributed by atoms with Gasteiger partial charge in [-0.1, -0.05) is 36.4 Å². The van der Waals surface area contributed by atoms with Gasteiger partial charge in [-0.15, -0.1) is 0 Å². The number of hydrogen-bond acceptors (Lipinski definition) is 0. The summed E-state index contributed by atoms with van der Waals surface area (Å²) in [6.07, 6.45) is 0. The lowest BCUT2D eigenvalue weighted by Crippen LogP contribution is -2.56. The molecule has 3 rings (SSSR count). The molecular formula is C21H18F8. The monoisotopic (exact) mass is 422 g/mol. The van der Waals surface area contributed by atoms with Crippen molar-refractivity contribution in [3.05, 3.63) is 69.8 Å². The van der Waals surface area contributed by atoms with Crippen LogP contribution in [0.15, 0.2) is 36.4 Å². The molecule has 2 aromatic rings. The largest absolute Gasteiger partial charge is 0.379 e. The minimum Gasteiger partial charge on any atom is -0.198 e. The molecule has 1 aliphatic rings. The minimum atomic E-state index is -6.28. The first kappa shape index (κ1) is 21.6. The SMILES string of the molecule is Cc1ccc(C2(c3ccc(C)c(C)c3)C(F)(F)C(F)(F)C(F)(F)C2(F)F)cc1C. The lowest BCUT2D eigenvalue weighted by Gasteiger charge is -2.40. The van der Waals surface area contributed by atoms with E-state index >= 15 is 17.6 Å². The molecule has 0 nitrogen and oxygen atoms in total. The molecule has 1 aliphatic carbocycles. The molecular weight excluding hydrogens is 404 g/mol. The van der Waals surface area contributed by atoms with Crippen molar-refractivity contribution in [1.29, 1.82) is 0 Å². The Hall–Kier alpha value is -2.12. The maximum atomic E-state index is 15.2. The molecule has 0 aliphatic heterocycles. The molecule has 0 spiro atoms. The summed E-state index contributed by atoms with van der Waals surface area (Å²) in [5.74, 6) is -24.1. The number of aryl methyl sites for hydroxylation is 4. The zero-order valence-corrected chi connectivity index (χ0v) is 16.0. The van der Waals surface area contributed by atoms with E-state index in [2.05, 4.69) is 0 Å². The van der Waals surface area contributed by atoms with Crippen LogP contribution >= 0.6 is 0 Å². The van der Waals surface area contributed by atoms with E-state index in [9.17, 15) is 17.6 Å². The van der Waals surface area contributed by atoms with E-state index in [0.717, 1.165) is 24.3 Å². The highest BCUT2D eigenvalue weighted by atomic mass is 19.4. The molecule has 1 saturated carbocycles. The van der Waals surface area contributed by atoms with Crippen molar-refractivity contribution >= 4 is 0 Å². The fourth-order valence-corrected chi connectivity index (χ4v) is 3.90. The first-order chi connectivity index (χ1) is 13.1. The van der Waals surface area contributed by atoms with E-state index in [1.165, 1.54) is 26.0 Å². The summed E-state index contributed by atoms with van der Waals surface area (Å²) < 4.78 is 118. The first-order valence-electron chi connectivity index (χ1n) is 8.74. The van der Waals surface area contributed by atoms with Gasteiger partial charge < -0.3 is 0 Å². The van der Waals surface area contributed by atoms with E-state index in [1.54, 1.807) is 13.8 Å². The van der Waals surface area contributed by atoms with Gasteiger partial charge in [0.05, 0.1) is 0 Å². The van der Waals surface area contributed by atoms with Gasteiger partial charge in [-0.2, -0.15) is 35.1 Å². The molecule has 158 valence electrons. The van der Waals surface area contributed by atoms with Gasteiger partial charge in [0.15, 0.2) is 5.41 Å². The number of halogens is 8. The van der Waals surface area contributed by atoms with Crippen molar-refractivity contribution in [2.24, 2.45) is 0 Å². The molecule has 2 aromatic carbocycles. The van der Waals surface area contributed by atoms with Crippen LogP contribution in [-0.4, -0.2) is 23.7 Å². The smallest absolute Gasteiger partial charge is 0.198 e. The molecule has 0 unspecified atom stereocenters. The lowest BCUT2D eigenvalue weighted by molar-refractivity contribution is -0.303. The maximum Gasteiger partial charge on any atom is 0.379 e. The van der Waals surface area contributed by atoms with Crippen LogP contribution in [0.3, 0.4) is 0 Å². The van der Waals surface area contributed by atoms with E-state index in [4.69, 9.17) is 0 Å². The van der Waals surface area contributed by atoms with Crippen molar-refractivity contribution in [2.75, 3.05) is 0 Å². The molecule has 0 radical (unpaired) electrons. The Balaban J connectivity index is 2.56. The van der Waals surface area contributed by atoms with Crippen molar-refractivity contribution < 1.29 is 35.1 Å². The van der Waals surface area contributed by atoms with Crippen LogP contribution < -0.4 is 0 Å². The zero-order chi connectivity index (χ0) is 22.2. The molecule has 0 aromatic heterocycles. The number of benzene rings is 2. The Kier molecular flexibility index (Phi) is 4.43. The van der Waals surface area contributed by atoms with Crippen LogP contribution in [0.4, 0.5) is 35.1 Å². The summed E-state index contributed by atoms with van der Waals surface area (Å²) in [5.41, 5.74) is -4.76. The lowest BCUT2D eigenvalue weighted by atomic mass is 9.67. The van der Waals surface area contributed by atoms with Crippen molar-refractivity contribution in [3.63, 3.8) is 0 Å². The van der Waals surface area contributed by atoms with Gasteiger partial charge in [-0.05, 0) is 61.1 Å². The van der Waals surface area contributed by atoms with Crippen LogP contribution in [0.2, 0.25) is 0 Å². The highest BCUT2D eigenvalue weighted by molar-refractivity contribution is 5.54. The minimum absolute atomic E-state index is 0.232. The summed E-state index contributed by atoms with van der Waals surface area (Å²) in [5, 5.41) is 0. The second-order valence-electron chi connectivity index (χ2n) is 7.65. The van der Waals surface area contributed by atoms with Crippen molar-refractivity contribution in [2.45, 2.75) is 56.8 Å². The summed E-state index contributed by atoms with van der Waals surface area (Å²) in [7, 11) is 0. The summed E-state index contributed by atoms with van der Waals surface area (Å²) in [6.45, 7) is 5.90. The fourth-order valence-electron chi connectivity index (χ4n) is 3.90. The Morgan fingerprint density at radius 2 is 0.759 bits per heavy atom. The fraction of sp³-hybridized carbons (Fsp3) is 0.429. The van der Waals surface area contributed by atoms with Crippen LogP contribution in [0, 0.1) is 27.7 Å². The molecule has 0 saturated heterocycles. The van der Waals surface area contributed by atoms with Crippen molar-refractivity contribution in [3.8, 4) is 0 Å². The van der Waals surface area contributed by atoms with Gasteiger partial charge in [0.2, 0.25) is 0 Å². The van der Waals surface area contributed by atoms with Crippen LogP contribution in [0.5, 0.6) is 0 Å². The molecule has 8 heteroatoms. The van der Waals surface area contributed by atoms with E-state index in [-0.39, 0.29) is 11.1 Å². The number of hydrogen-bond donors (Lipinski definition) is 0. The van der Waals surface area contributed by atoms with Gasteiger partial charge in [-0.25, -0.2) is 0 Å². The third-order valence-electron chi connectivity index (χ3n) is 6.00. The Morgan fingerprint density at radius 1 is 0.448 bits per heavy atom. The Labute approximate surface area is 162 Å². The summed E-state index contributed by atoms with van der Waals surface area (Å²) >= 11 is 0. The van der Waals surface area contributed by atoms with Gasteiger partial charge >= 0.3 is 23.7 Å². The number of alkyl halides is 8. The predicted molar refractivity (Wildman–Crippen MR) is 92.4 cm³/mol. The molecule has 1 fully saturated rings. The zero-order valence-electron chi connectivity index (χ0n) is 16.0. The standard InChI is InChI=1S/C21H18F8/c1-11-5-7-15(9-13(11)3)17(16-8-6-12(2)14(4)10-16)18(22,23)20(26,27)21(28,29)19(17,24)25/h5-10H,1-4H3. The maximum absolute atomic E-state index is 15.2. The highest BCUT2D eigenvalue weighted by Gasteiger charge is 2.99. The number of rotatable bonds is 2. The predicted octanol–water partition coefficient (Wildman–Crippen LogP) is 6.76. The van der Waals surface area contributed by atoms with Crippen molar-refractivity contribution in [1.82, 2.24) is 0 Å². The van der Waals surface area contributed by atoms with Gasteiger partial charge in [0.25, 0.3) is 0 Å². The average Bonchev–Trinajstić information content (AvgIpc) is 2.66. The molecule has 0 bridgehead atoms. The second kappa shape index (κ2) is 5.95. The highest BCUT2D eigenvalue weighted by Crippen LogP contribution is 2.73. The van der Waals surface area contributed by atoms with Gasteiger partial charge in [-0.3, -0.25) is 0 Å². The third kappa shape index (κ3) is 2.26. The van der Waals surface area contributed by atoms with Crippen LogP contribution in [0.1, 0.15) is 33.4 Å². The van der Waals surface area contributed by atoms with Gasteiger partial charge in [0.1, 0.15) is 0 Å². The quantitative estimate of drug-likeness (QED) is 0.469. The Bertz CT molecular complexity index is 895. The van der Waals surface area contributed by atoms with E-state index in [1.807, 2.05) is 0 Å². The average molecular weight is 422 g/mol. The van der Waals surface area contributed by atoms with Crippen LogP contribution in [0.25, 0.3) is 0 Å². The first-order valence-corrected chi connectivity index (χ1v) is 8.74. The summed E-state index contributed by atoms with van der Waals surface area (Å²) in [4.78, 5) is 0. The molecule has 29 heavy (non-hydrogen) atoms. The normalized spacial score (nSPS) is 23.2. The van der Waals surface area contributed by atoms with E-state index in [0.29, 0.717) is 11.1 Å². The molecule has 0 N–H and O–H groups in total. The molecule has 0 amide bonds. The van der Waals surface area contributed by atoms with E-state index < -0.39 is 40.2 Å². The van der Waals surface area contributed by atoms with Crippen LogP contribution in [-0.2, 0) is 5.41 Å². The Morgan fingerprint density at radius 3 is 1.03 bits per heavy atom.